The molecule has 2 heterocycles. The molecule has 2 N–H and O–H groups in total. The van der Waals surface area contributed by atoms with Gasteiger partial charge in [0.2, 0.25) is 10.0 Å². The molecule has 0 aromatic carbocycles. The molecular formula is C10H12N4O2S. The lowest BCUT2D eigenvalue weighted by Crippen LogP contribution is -2.14. The smallest absolute Gasteiger partial charge is 0.213 e. The van der Waals surface area contributed by atoms with E-state index in [1.807, 2.05) is 6.07 Å². The van der Waals surface area contributed by atoms with Crippen molar-refractivity contribution < 1.29 is 8.42 Å². The third kappa shape index (κ3) is 2.89. The van der Waals surface area contributed by atoms with Gasteiger partial charge in [0.05, 0.1) is 11.4 Å². The van der Waals surface area contributed by atoms with Crippen LogP contribution in [0.1, 0.15) is 11.3 Å². The lowest BCUT2D eigenvalue weighted by molar-refractivity contribution is 0.597. The fourth-order valence-corrected chi connectivity index (χ4v) is 2.18. The van der Waals surface area contributed by atoms with Gasteiger partial charge in [-0.25, -0.2) is 23.2 Å². The summed E-state index contributed by atoms with van der Waals surface area (Å²) in [5.74, 6) is 0.419. The molecule has 0 amide bonds. The van der Waals surface area contributed by atoms with Crippen LogP contribution in [0.4, 0.5) is 0 Å². The molecule has 2 aromatic rings. The minimum absolute atomic E-state index is 0.217. The van der Waals surface area contributed by atoms with Crippen LogP contribution in [0, 0.1) is 6.92 Å². The van der Waals surface area contributed by atoms with Gasteiger partial charge in [0.25, 0.3) is 0 Å². The number of aromatic nitrogens is 3. The summed E-state index contributed by atoms with van der Waals surface area (Å²) in [4.78, 5) is 4.12. The Labute approximate surface area is 99.1 Å². The van der Waals surface area contributed by atoms with E-state index in [1.165, 1.54) is 4.68 Å². The molecule has 0 unspecified atom stereocenters. The van der Waals surface area contributed by atoms with Gasteiger partial charge in [0, 0.05) is 18.0 Å². The number of nitrogens with zero attached hydrogens (tertiary/aromatic N) is 3. The van der Waals surface area contributed by atoms with Crippen LogP contribution in [0.2, 0.25) is 0 Å². The van der Waals surface area contributed by atoms with E-state index in [0.717, 1.165) is 0 Å². The Kier molecular flexibility index (Phi) is 2.95. The van der Waals surface area contributed by atoms with Crippen molar-refractivity contribution in [1.82, 2.24) is 14.8 Å². The second kappa shape index (κ2) is 4.27. The highest BCUT2D eigenvalue weighted by atomic mass is 32.2. The van der Waals surface area contributed by atoms with E-state index in [-0.39, 0.29) is 5.75 Å². The van der Waals surface area contributed by atoms with Crippen LogP contribution in [0.5, 0.6) is 0 Å². The Hall–Kier alpha value is -1.73. The Morgan fingerprint density at radius 3 is 2.76 bits per heavy atom. The molecule has 0 radical (unpaired) electrons. The maximum absolute atomic E-state index is 11.0. The normalized spacial score (nSPS) is 11.6. The molecular weight excluding hydrogens is 240 g/mol. The first-order valence-electron chi connectivity index (χ1n) is 4.93. The fourth-order valence-electron chi connectivity index (χ4n) is 1.46. The van der Waals surface area contributed by atoms with Crippen LogP contribution < -0.4 is 5.14 Å². The van der Waals surface area contributed by atoms with Gasteiger partial charge in [0.1, 0.15) is 0 Å². The highest BCUT2D eigenvalue weighted by Gasteiger charge is 2.12. The molecule has 0 bridgehead atoms. The largest absolute Gasteiger partial charge is 0.237 e. The van der Waals surface area contributed by atoms with E-state index in [9.17, 15) is 8.42 Å². The second-order valence-corrected chi connectivity index (χ2v) is 5.29. The maximum atomic E-state index is 11.0. The molecule has 6 nitrogen and oxygen atoms in total. The Morgan fingerprint density at radius 1 is 1.41 bits per heavy atom. The first-order valence-corrected chi connectivity index (χ1v) is 6.64. The Bertz CT molecular complexity index is 619. The lowest BCUT2D eigenvalue weighted by Gasteiger charge is -1.97. The minimum Gasteiger partial charge on any atom is -0.237 e. The molecule has 2 rings (SSSR count). The number of pyridine rings is 1. The Morgan fingerprint density at radius 2 is 2.18 bits per heavy atom. The topological polar surface area (TPSA) is 90.9 Å². The van der Waals surface area contributed by atoms with E-state index in [4.69, 9.17) is 5.14 Å². The van der Waals surface area contributed by atoms with Gasteiger partial charge < -0.3 is 0 Å². The molecule has 0 aliphatic carbocycles. The summed E-state index contributed by atoms with van der Waals surface area (Å²) in [7, 11) is -3.54. The zero-order chi connectivity index (χ0) is 12.5. The van der Waals surface area contributed by atoms with Crippen molar-refractivity contribution in [2.45, 2.75) is 12.7 Å². The van der Waals surface area contributed by atoms with Gasteiger partial charge >= 0.3 is 0 Å². The fraction of sp³-hybridized carbons (Fsp3) is 0.200. The van der Waals surface area contributed by atoms with Crippen molar-refractivity contribution in [1.29, 1.82) is 0 Å². The van der Waals surface area contributed by atoms with Gasteiger partial charge in [-0.3, -0.25) is 0 Å². The third-order valence-electron chi connectivity index (χ3n) is 2.24. The minimum atomic E-state index is -3.54. The van der Waals surface area contributed by atoms with E-state index in [1.54, 1.807) is 31.5 Å². The van der Waals surface area contributed by atoms with Crippen molar-refractivity contribution in [3.05, 3.63) is 41.9 Å². The van der Waals surface area contributed by atoms with Crippen molar-refractivity contribution >= 4 is 10.0 Å². The molecule has 0 fully saturated rings. The molecule has 0 saturated heterocycles. The van der Waals surface area contributed by atoms with Crippen LogP contribution in [-0.2, 0) is 15.8 Å². The third-order valence-corrected chi connectivity index (χ3v) is 2.95. The first kappa shape index (κ1) is 11.7. The first-order chi connectivity index (χ1) is 7.96. The van der Waals surface area contributed by atoms with E-state index >= 15 is 0 Å². The number of hydrogen-bond donors (Lipinski definition) is 1. The molecule has 0 aliphatic heterocycles. The number of hydrogen-bond acceptors (Lipinski definition) is 4. The SMILES string of the molecule is Cc1nn(-c2ccccn2)cc1CS(N)(=O)=O. The number of rotatable bonds is 3. The van der Waals surface area contributed by atoms with Crippen LogP contribution in [0.15, 0.2) is 30.6 Å². The Balaban J connectivity index is 2.38. The summed E-state index contributed by atoms with van der Waals surface area (Å²) in [6, 6.07) is 5.41. The molecule has 0 saturated carbocycles. The summed E-state index contributed by atoms with van der Waals surface area (Å²) in [6.07, 6.45) is 3.27. The molecule has 90 valence electrons. The second-order valence-electron chi connectivity index (χ2n) is 3.68. The molecule has 2 aromatic heterocycles. The number of nitrogens with two attached hydrogens (primary N) is 1. The van der Waals surface area contributed by atoms with Crippen molar-refractivity contribution in [2.75, 3.05) is 0 Å². The van der Waals surface area contributed by atoms with E-state index < -0.39 is 10.0 Å². The number of aryl methyl sites for hydroxylation is 1. The lowest BCUT2D eigenvalue weighted by atomic mass is 10.3. The average molecular weight is 252 g/mol. The van der Waals surface area contributed by atoms with Crippen LogP contribution in [0.3, 0.4) is 0 Å². The van der Waals surface area contributed by atoms with E-state index in [0.29, 0.717) is 17.1 Å². The van der Waals surface area contributed by atoms with Gasteiger partial charge in [-0.1, -0.05) is 6.07 Å². The van der Waals surface area contributed by atoms with Crippen LogP contribution >= 0.6 is 0 Å². The van der Waals surface area contributed by atoms with Crippen molar-refractivity contribution in [3.8, 4) is 5.82 Å². The molecule has 7 heteroatoms. The summed E-state index contributed by atoms with van der Waals surface area (Å²) >= 11 is 0. The molecule has 0 atom stereocenters. The van der Waals surface area contributed by atoms with Gasteiger partial charge in [-0.2, -0.15) is 5.10 Å². The molecule has 17 heavy (non-hydrogen) atoms. The predicted molar refractivity (Wildman–Crippen MR) is 62.9 cm³/mol. The number of primary sulfonamides is 1. The highest BCUT2D eigenvalue weighted by Crippen LogP contribution is 2.11. The number of sulfonamides is 1. The monoisotopic (exact) mass is 252 g/mol. The zero-order valence-electron chi connectivity index (χ0n) is 9.24. The summed E-state index contributed by atoms with van der Waals surface area (Å²) < 4.78 is 23.6. The van der Waals surface area contributed by atoms with Crippen molar-refractivity contribution in [2.24, 2.45) is 5.14 Å². The maximum Gasteiger partial charge on any atom is 0.213 e. The average Bonchev–Trinajstić information content (AvgIpc) is 2.59. The summed E-state index contributed by atoms with van der Waals surface area (Å²) in [5.41, 5.74) is 1.21. The predicted octanol–water partition coefficient (Wildman–Crippen LogP) is 0.364. The molecule has 0 aliphatic rings. The standard InChI is InChI=1S/C10H12N4O2S/c1-8-9(7-17(11,15)16)6-14(13-8)10-4-2-3-5-12-10/h2-6H,7H2,1H3,(H2,11,15,16). The highest BCUT2D eigenvalue weighted by molar-refractivity contribution is 7.88. The quantitative estimate of drug-likeness (QED) is 0.854. The zero-order valence-corrected chi connectivity index (χ0v) is 10.1. The van der Waals surface area contributed by atoms with Gasteiger partial charge in [0.15, 0.2) is 5.82 Å². The van der Waals surface area contributed by atoms with E-state index in [2.05, 4.69) is 10.1 Å². The van der Waals surface area contributed by atoms with Crippen LogP contribution in [0.25, 0.3) is 5.82 Å². The summed E-state index contributed by atoms with van der Waals surface area (Å²) in [6.45, 7) is 1.74. The molecule has 0 spiro atoms. The summed E-state index contributed by atoms with van der Waals surface area (Å²) in [5, 5.41) is 9.20. The van der Waals surface area contributed by atoms with Gasteiger partial charge in [-0.05, 0) is 19.1 Å². The van der Waals surface area contributed by atoms with Gasteiger partial charge in [-0.15, -0.1) is 0 Å². The van der Waals surface area contributed by atoms with Crippen molar-refractivity contribution in [3.63, 3.8) is 0 Å². The van der Waals surface area contributed by atoms with Crippen LogP contribution in [-0.4, -0.2) is 23.2 Å².